The number of alkyl halides is 3. The molecule has 40 heavy (non-hydrogen) atoms. The third kappa shape index (κ3) is 4.92. The number of aryl methyl sites for hydroxylation is 1. The normalized spacial score (nSPS) is 20.1. The SMILES string of the molecule is Cn1cnnc1C(CC1(C)COC1)c1cccc(N2Cc3c(cc(CNC4(C)CCC4)cc3C(F)(F)F)C2=O)c1. The van der Waals surface area contributed by atoms with Crippen LogP contribution in [0.5, 0.6) is 0 Å². The standard InChI is InChI=1S/C30H34F3N5O2/c1-28(16-40-17-28)13-23(26-36-35-18-37(26)3)20-6-4-7-21(12-20)38-15-24-22(27(38)39)10-19(11-25(24)30(31,32)33)14-34-29(2)8-5-9-29/h4,6-7,10-12,18,23,34H,5,8-9,13-17H2,1-3H3. The first kappa shape index (κ1) is 27.0. The number of hydrogen-bond donors (Lipinski definition) is 1. The maximum absolute atomic E-state index is 14.2. The molecule has 1 unspecified atom stereocenters. The van der Waals surface area contributed by atoms with Gasteiger partial charge in [-0.05, 0) is 73.6 Å². The van der Waals surface area contributed by atoms with E-state index in [0.29, 0.717) is 24.5 Å². The fraction of sp³-hybridized carbons (Fsp3) is 0.500. The second-order valence-electron chi connectivity index (χ2n) is 12.3. The Morgan fingerprint density at radius 3 is 2.52 bits per heavy atom. The maximum atomic E-state index is 14.2. The minimum Gasteiger partial charge on any atom is -0.380 e. The molecule has 6 rings (SSSR count). The van der Waals surface area contributed by atoms with Crippen LogP contribution in [0.1, 0.15) is 83.9 Å². The van der Waals surface area contributed by atoms with Gasteiger partial charge >= 0.3 is 6.18 Å². The van der Waals surface area contributed by atoms with E-state index in [0.717, 1.165) is 37.1 Å². The Morgan fingerprint density at radius 1 is 1.15 bits per heavy atom. The van der Waals surface area contributed by atoms with Crippen LogP contribution in [0, 0.1) is 5.41 Å². The molecule has 0 bridgehead atoms. The molecule has 1 aliphatic carbocycles. The van der Waals surface area contributed by atoms with Crippen molar-refractivity contribution in [3.05, 3.63) is 76.4 Å². The number of aromatic nitrogens is 3. The van der Waals surface area contributed by atoms with Crippen molar-refractivity contribution in [3.8, 4) is 0 Å². The summed E-state index contributed by atoms with van der Waals surface area (Å²) in [6, 6.07) is 10.3. The predicted molar refractivity (Wildman–Crippen MR) is 144 cm³/mol. The third-order valence-electron chi connectivity index (χ3n) is 8.82. The Kier molecular flexibility index (Phi) is 6.53. The Hall–Kier alpha value is -3.24. The molecule has 10 heteroatoms. The molecule has 1 N–H and O–H groups in total. The van der Waals surface area contributed by atoms with Gasteiger partial charge in [0.2, 0.25) is 0 Å². The average Bonchev–Trinajstić information content (AvgIpc) is 3.45. The Balaban J connectivity index is 1.32. The molecule has 1 amide bonds. The minimum absolute atomic E-state index is 0.0189. The van der Waals surface area contributed by atoms with Gasteiger partial charge in [-0.2, -0.15) is 13.2 Å². The smallest absolute Gasteiger partial charge is 0.380 e. The molecular formula is C30H34F3N5O2. The van der Waals surface area contributed by atoms with E-state index in [4.69, 9.17) is 4.74 Å². The lowest BCUT2D eigenvalue weighted by molar-refractivity contribution is -0.138. The summed E-state index contributed by atoms with van der Waals surface area (Å²) in [4.78, 5) is 15.1. The lowest BCUT2D eigenvalue weighted by Crippen LogP contribution is -2.47. The van der Waals surface area contributed by atoms with Crippen molar-refractivity contribution >= 4 is 11.6 Å². The number of rotatable bonds is 8. The summed E-state index contributed by atoms with van der Waals surface area (Å²) < 4.78 is 50.0. The highest BCUT2D eigenvalue weighted by Gasteiger charge is 2.42. The summed E-state index contributed by atoms with van der Waals surface area (Å²) in [5.41, 5.74) is 1.31. The lowest BCUT2D eigenvalue weighted by atomic mass is 9.76. The van der Waals surface area contributed by atoms with Crippen LogP contribution in [-0.2, 0) is 31.1 Å². The number of nitrogens with zero attached hydrogens (tertiary/aromatic N) is 4. The van der Waals surface area contributed by atoms with E-state index in [-0.39, 0.29) is 41.1 Å². The number of anilines is 1. The Labute approximate surface area is 231 Å². The molecule has 3 aromatic rings. The van der Waals surface area contributed by atoms with Gasteiger partial charge in [-0.25, -0.2) is 0 Å². The molecule has 0 radical (unpaired) electrons. The quantitative estimate of drug-likeness (QED) is 0.394. The van der Waals surface area contributed by atoms with Gasteiger partial charge in [0.1, 0.15) is 12.2 Å². The number of hydrogen-bond acceptors (Lipinski definition) is 5. The zero-order valence-corrected chi connectivity index (χ0v) is 23.0. The molecule has 1 atom stereocenters. The maximum Gasteiger partial charge on any atom is 0.416 e. The Morgan fingerprint density at radius 2 is 1.93 bits per heavy atom. The van der Waals surface area contributed by atoms with Crippen molar-refractivity contribution in [1.29, 1.82) is 0 Å². The average molecular weight is 554 g/mol. The van der Waals surface area contributed by atoms with E-state index < -0.39 is 17.6 Å². The molecule has 212 valence electrons. The lowest BCUT2D eigenvalue weighted by Gasteiger charge is -2.40. The highest BCUT2D eigenvalue weighted by atomic mass is 19.4. The second kappa shape index (κ2) is 9.69. The molecule has 7 nitrogen and oxygen atoms in total. The monoisotopic (exact) mass is 553 g/mol. The topological polar surface area (TPSA) is 72.3 Å². The van der Waals surface area contributed by atoms with E-state index >= 15 is 0 Å². The molecular weight excluding hydrogens is 519 g/mol. The van der Waals surface area contributed by atoms with E-state index in [1.807, 2.05) is 29.8 Å². The summed E-state index contributed by atoms with van der Waals surface area (Å²) in [6.07, 6.45) is 0.963. The number of carbonyl (C=O) groups excluding carboxylic acids is 1. The van der Waals surface area contributed by atoms with Crippen molar-refractivity contribution in [2.45, 2.75) is 70.3 Å². The zero-order valence-electron chi connectivity index (χ0n) is 23.0. The van der Waals surface area contributed by atoms with Crippen LogP contribution in [0.2, 0.25) is 0 Å². The number of nitrogens with one attached hydrogen (secondary N) is 1. The van der Waals surface area contributed by atoms with Gasteiger partial charge in [-0.1, -0.05) is 19.1 Å². The highest BCUT2D eigenvalue weighted by Crippen LogP contribution is 2.43. The van der Waals surface area contributed by atoms with E-state index in [2.05, 4.69) is 29.4 Å². The van der Waals surface area contributed by atoms with Gasteiger partial charge in [-0.3, -0.25) is 4.79 Å². The van der Waals surface area contributed by atoms with Gasteiger partial charge in [0.25, 0.3) is 5.91 Å². The first-order chi connectivity index (χ1) is 18.9. The van der Waals surface area contributed by atoms with Crippen molar-refractivity contribution in [2.75, 3.05) is 18.1 Å². The molecule has 1 aromatic heterocycles. The van der Waals surface area contributed by atoms with E-state index in [1.165, 1.54) is 11.0 Å². The van der Waals surface area contributed by atoms with Crippen molar-refractivity contribution in [3.63, 3.8) is 0 Å². The fourth-order valence-electron chi connectivity index (χ4n) is 6.17. The van der Waals surface area contributed by atoms with Crippen molar-refractivity contribution in [1.82, 2.24) is 20.1 Å². The van der Waals surface area contributed by atoms with E-state index in [1.54, 1.807) is 18.5 Å². The number of fused-ring (bicyclic) bond motifs is 1. The minimum atomic E-state index is -4.56. The Bertz CT molecular complexity index is 1440. The second-order valence-corrected chi connectivity index (χ2v) is 12.3. The number of amides is 1. The number of carbonyl (C=O) groups is 1. The number of halogens is 3. The summed E-state index contributed by atoms with van der Waals surface area (Å²) in [5, 5.41) is 11.8. The van der Waals surface area contributed by atoms with Gasteiger partial charge in [0.05, 0.1) is 25.3 Å². The van der Waals surface area contributed by atoms with Crippen molar-refractivity contribution in [2.24, 2.45) is 12.5 Å². The van der Waals surface area contributed by atoms with E-state index in [9.17, 15) is 18.0 Å². The molecule has 1 saturated carbocycles. The first-order valence-electron chi connectivity index (χ1n) is 13.8. The zero-order chi connectivity index (χ0) is 28.3. The van der Waals surface area contributed by atoms with Gasteiger partial charge in [-0.15, -0.1) is 10.2 Å². The van der Waals surface area contributed by atoms with Crippen LogP contribution >= 0.6 is 0 Å². The summed E-state index contributed by atoms with van der Waals surface area (Å²) in [6.45, 7) is 5.71. The van der Waals surface area contributed by atoms with Gasteiger partial charge in [0, 0.05) is 41.7 Å². The van der Waals surface area contributed by atoms with Crippen LogP contribution in [0.4, 0.5) is 18.9 Å². The van der Waals surface area contributed by atoms with Crippen LogP contribution in [0.15, 0.2) is 42.7 Å². The molecule has 0 spiro atoms. The van der Waals surface area contributed by atoms with Crippen LogP contribution in [0.3, 0.4) is 0 Å². The number of ether oxygens (including phenoxy) is 1. The van der Waals surface area contributed by atoms with Crippen LogP contribution in [-0.4, -0.2) is 39.4 Å². The predicted octanol–water partition coefficient (Wildman–Crippen LogP) is 5.59. The van der Waals surface area contributed by atoms with Crippen LogP contribution in [0.25, 0.3) is 0 Å². The largest absolute Gasteiger partial charge is 0.416 e. The summed E-state index contributed by atoms with van der Waals surface area (Å²) >= 11 is 0. The molecule has 2 fully saturated rings. The summed E-state index contributed by atoms with van der Waals surface area (Å²) in [7, 11) is 1.89. The van der Waals surface area contributed by atoms with Crippen LogP contribution < -0.4 is 10.2 Å². The fourth-order valence-corrected chi connectivity index (χ4v) is 6.17. The van der Waals surface area contributed by atoms with Gasteiger partial charge < -0.3 is 19.5 Å². The molecule has 3 aliphatic rings. The first-order valence-corrected chi connectivity index (χ1v) is 13.8. The van der Waals surface area contributed by atoms with Crippen molar-refractivity contribution < 1.29 is 22.7 Å². The highest BCUT2D eigenvalue weighted by molar-refractivity contribution is 6.10. The molecule has 3 heterocycles. The summed E-state index contributed by atoms with van der Waals surface area (Å²) in [5.74, 6) is 0.264. The molecule has 2 aromatic carbocycles. The molecule has 2 aliphatic heterocycles. The molecule has 1 saturated heterocycles. The third-order valence-corrected chi connectivity index (χ3v) is 8.82. The number of benzene rings is 2. The van der Waals surface area contributed by atoms with Gasteiger partial charge in [0.15, 0.2) is 0 Å².